The molecule has 0 bridgehead atoms. The van der Waals surface area contributed by atoms with Crippen LogP contribution < -0.4 is 10.1 Å². The van der Waals surface area contributed by atoms with Crippen molar-refractivity contribution in [1.82, 2.24) is 0 Å². The van der Waals surface area contributed by atoms with Gasteiger partial charge in [-0.25, -0.2) is 0 Å². The van der Waals surface area contributed by atoms with Crippen LogP contribution in [0.25, 0.3) is 0 Å². The lowest BCUT2D eigenvalue weighted by molar-refractivity contribution is -0.137. The van der Waals surface area contributed by atoms with Crippen LogP contribution in [-0.4, -0.2) is 7.11 Å². The van der Waals surface area contributed by atoms with Gasteiger partial charge in [0.2, 0.25) is 0 Å². The molecule has 2 aromatic rings. The van der Waals surface area contributed by atoms with Crippen molar-refractivity contribution in [2.45, 2.75) is 12.7 Å². The van der Waals surface area contributed by atoms with Crippen molar-refractivity contribution in [3.05, 3.63) is 58.6 Å². The molecule has 1 N–H and O–H groups in total. The van der Waals surface area contributed by atoms with Crippen molar-refractivity contribution < 1.29 is 17.9 Å². The number of anilines is 1. The van der Waals surface area contributed by atoms with Gasteiger partial charge in [0, 0.05) is 18.3 Å². The summed E-state index contributed by atoms with van der Waals surface area (Å²) in [5, 5.41) is 3.60. The lowest BCUT2D eigenvalue weighted by Gasteiger charge is -2.11. The van der Waals surface area contributed by atoms with E-state index >= 15 is 0 Å². The van der Waals surface area contributed by atoms with Crippen molar-refractivity contribution in [1.29, 1.82) is 0 Å². The molecule has 6 heteroatoms. The number of nitrogens with one attached hydrogen (secondary N) is 1. The highest BCUT2D eigenvalue weighted by atomic mass is 35.5. The minimum atomic E-state index is -4.31. The highest BCUT2D eigenvalue weighted by Gasteiger charge is 2.29. The third-order valence-electron chi connectivity index (χ3n) is 2.93. The Morgan fingerprint density at radius 2 is 1.76 bits per heavy atom. The van der Waals surface area contributed by atoms with Crippen molar-refractivity contribution in [3.8, 4) is 5.75 Å². The first kappa shape index (κ1) is 15.5. The van der Waals surface area contributed by atoms with Crippen molar-refractivity contribution in [2.24, 2.45) is 0 Å². The van der Waals surface area contributed by atoms with Gasteiger partial charge in [0.15, 0.2) is 0 Å². The van der Waals surface area contributed by atoms with Gasteiger partial charge < -0.3 is 10.1 Å². The Morgan fingerprint density at radius 3 is 2.33 bits per heavy atom. The largest absolute Gasteiger partial charge is 0.495 e. The van der Waals surface area contributed by atoms with Crippen LogP contribution in [0.4, 0.5) is 18.9 Å². The highest BCUT2D eigenvalue weighted by molar-refractivity contribution is 6.32. The summed E-state index contributed by atoms with van der Waals surface area (Å²) in [7, 11) is 1.51. The summed E-state index contributed by atoms with van der Waals surface area (Å²) < 4.78 is 42.4. The molecule has 0 atom stereocenters. The van der Waals surface area contributed by atoms with Gasteiger partial charge in [0.25, 0.3) is 0 Å². The Labute approximate surface area is 125 Å². The Morgan fingerprint density at radius 1 is 1.10 bits per heavy atom. The quantitative estimate of drug-likeness (QED) is 0.859. The van der Waals surface area contributed by atoms with Gasteiger partial charge in [-0.05, 0) is 29.8 Å². The van der Waals surface area contributed by atoms with E-state index in [9.17, 15) is 13.2 Å². The molecule has 2 rings (SSSR count). The Hall–Kier alpha value is -1.88. The summed E-state index contributed by atoms with van der Waals surface area (Å²) in [6.07, 6.45) is -4.31. The molecule has 0 heterocycles. The molecule has 0 fully saturated rings. The maximum atomic E-state index is 12.4. The molecule has 2 aromatic carbocycles. The van der Waals surface area contributed by atoms with Crippen LogP contribution in [0.15, 0.2) is 42.5 Å². The highest BCUT2D eigenvalue weighted by Crippen LogP contribution is 2.30. The molecule has 0 radical (unpaired) electrons. The summed E-state index contributed by atoms with van der Waals surface area (Å²) in [5.41, 5.74) is 0.868. The van der Waals surface area contributed by atoms with Gasteiger partial charge in [0.05, 0.1) is 17.7 Å². The van der Waals surface area contributed by atoms with Crippen LogP contribution in [0, 0.1) is 0 Å². The second-order valence-corrected chi connectivity index (χ2v) is 4.80. The first-order valence-corrected chi connectivity index (χ1v) is 6.51. The van der Waals surface area contributed by atoms with Crippen LogP contribution in [0.5, 0.6) is 5.75 Å². The molecule has 0 aliphatic rings. The van der Waals surface area contributed by atoms with E-state index in [0.717, 1.165) is 23.4 Å². The van der Waals surface area contributed by atoms with E-state index in [4.69, 9.17) is 16.3 Å². The first-order chi connectivity index (χ1) is 9.90. The minimum absolute atomic E-state index is 0.406. The molecule has 112 valence electrons. The SMILES string of the molecule is COc1cc(NCc2ccc(C(F)(F)F)cc2)ccc1Cl. The zero-order valence-corrected chi connectivity index (χ0v) is 11.9. The lowest BCUT2D eigenvalue weighted by Crippen LogP contribution is -2.05. The number of hydrogen-bond acceptors (Lipinski definition) is 2. The summed E-state index contributed by atoms with van der Waals surface area (Å²) in [6.45, 7) is 0.406. The molecular formula is C15H13ClF3NO. The third kappa shape index (κ3) is 4.04. The number of benzene rings is 2. The molecule has 0 aliphatic heterocycles. The molecule has 0 saturated carbocycles. The van der Waals surface area contributed by atoms with Crippen LogP contribution in [0.1, 0.15) is 11.1 Å². The van der Waals surface area contributed by atoms with Crippen LogP contribution in [0.3, 0.4) is 0 Å². The monoisotopic (exact) mass is 315 g/mol. The fourth-order valence-corrected chi connectivity index (χ4v) is 1.98. The summed E-state index contributed by atoms with van der Waals surface area (Å²) in [4.78, 5) is 0. The zero-order valence-electron chi connectivity index (χ0n) is 11.2. The van der Waals surface area contributed by atoms with Crippen LogP contribution >= 0.6 is 11.6 Å². The van der Waals surface area contributed by atoms with E-state index in [2.05, 4.69) is 5.32 Å². The van der Waals surface area contributed by atoms with Gasteiger partial charge in [-0.3, -0.25) is 0 Å². The smallest absolute Gasteiger partial charge is 0.416 e. The molecule has 0 aromatic heterocycles. The number of hydrogen-bond donors (Lipinski definition) is 1. The number of alkyl halides is 3. The number of methoxy groups -OCH3 is 1. The van der Waals surface area contributed by atoms with Crippen molar-refractivity contribution >= 4 is 17.3 Å². The number of ether oxygens (including phenoxy) is 1. The van der Waals surface area contributed by atoms with E-state index in [1.54, 1.807) is 18.2 Å². The van der Waals surface area contributed by atoms with E-state index in [1.807, 2.05) is 0 Å². The topological polar surface area (TPSA) is 21.3 Å². The zero-order chi connectivity index (χ0) is 15.5. The molecule has 0 unspecified atom stereocenters. The van der Waals surface area contributed by atoms with Gasteiger partial charge in [-0.2, -0.15) is 13.2 Å². The van der Waals surface area contributed by atoms with Crippen molar-refractivity contribution in [3.63, 3.8) is 0 Å². The Balaban J connectivity index is 2.03. The predicted octanol–water partition coefficient (Wildman–Crippen LogP) is 4.98. The average molecular weight is 316 g/mol. The van der Waals surface area contributed by atoms with Crippen LogP contribution in [0.2, 0.25) is 5.02 Å². The summed E-state index contributed by atoms with van der Waals surface area (Å²) >= 11 is 5.91. The molecule has 0 aliphatic carbocycles. The molecule has 0 amide bonds. The summed E-state index contributed by atoms with van der Waals surface area (Å²) in [6, 6.07) is 10.2. The van der Waals surface area contributed by atoms with E-state index in [1.165, 1.54) is 19.2 Å². The maximum absolute atomic E-state index is 12.4. The standard InChI is InChI=1S/C15H13ClF3NO/c1-21-14-8-12(6-7-13(14)16)20-9-10-2-4-11(5-3-10)15(17,18)19/h2-8,20H,9H2,1H3. The summed E-state index contributed by atoms with van der Waals surface area (Å²) in [5.74, 6) is 0.536. The predicted molar refractivity (Wildman–Crippen MR) is 76.8 cm³/mol. The van der Waals surface area contributed by atoms with Crippen molar-refractivity contribution in [2.75, 3.05) is 12.4 Å². The Kier molecular flexibility index (Phi) is 4.63. The van der Waals surface area contributed by atoms with Gasteiger partial charge in [-0.15, -0.1) is 0 Å². The lowest BCUT2D eigenvalue weighted by atomic mass is 10.1. The van der Waals surface area contributed by atoms with Gasteiger partial charge in [0.1, 0.15) is 5.75 Å². The van der Waals surface area contributed by atoms with Gasteiger partial charge >= 0.3 is 6.18 Å². The molecule has 0 spiro atoms. The van der Waals surface area contributed by atoms with E-state index in [0.29, 0.717) is 17.3 Å². The Bertz CT molecular complexity index is 611. The average Bonchev–Trinajstić information content (AvgIpc) is 2.46. The molecule has 0 saturated heterocycles. The third-order valence-corrected chi connectivity index (χ3v) is 3.24. The number of rotatable bonds is 4. The first-order valence-electron chi connectivity index (χ1n) is 6.13. The second-order valence-electron chi connectivity index (χ2n) is 4.40. The van der Waals surface area contributed by atoms with E-state index < -0.39 is 11.7 Å². The normalized spacial score (nSPS) is 11.3. The fraction of sp³-hybridized carbons (Fsp3) is 0.200. The minimum Gasteiger partial charge on any atom is -0.495 e. The molecular weight excluding hydrogens is 303 g/mol. The van der Waals surface area contributed by atoms with Gasteiger partial charge in [-0.1, -0.05) is 23.7 Å². The number of halogens is 4. The second kappa shape index (κ2) is 6.26. The maximum Gasteiger partial charge on any atom is 0.416 e. The fourth-order valence-electron chi connectivity index (χ4n) is 1.79. The van der Waals surface area contributed by atoms with E-state index in [-0.39, 0.29) is 0 Å². The van der Waals surface area contributed by atoms with Crippen LogP contribution in [-0.2, 0) is 12.7 Å². The molecule has 2 nitrogen and oxygen atoms in total. The molecule has 21 heavy (non-hydrogen) atoms.